The highest BCUT2D eigenvalue weighted by molar-refractivity contribution is 6.47. The third-order valence-electron chi connectivity index (χ3n) is 3.35. The van der Waals surface area contributed by atoms with E-state index < -0.39 is 17.3 Å². The number of rotatable bonds is 1. The van der Waals surface area contributed by atoms with Gasteiger partial charge in [-0.15, -0.1) is 0 Å². The minimum atomic E-state index is -0.605. The van der Waals surface area contributed by atoms with Gasteiger partial charge in [-0.2, -0.15) is 0 Å². The zero-order valence-corrected chi connectivity index (χ0v) is 12.2. The standard InChI is InChI=1S/C14H5Cl2N3O3/c15-9-10(16)14(22)8-7(11(9)18-19-17)12(20)5-3-1-2-4-6(5)13(8)21/h1-4,22H. The molecule has 0 atom stereocenters. The molecule has 2 aromatic rings. The molecule has 0 saturated heterocycles. The Hall–Kier alpha value is -2.53. The van der Waals surface area contributed by atoms with Crippen molar-refractivity contribution in [1.82, 2.24) is 0 Å². The van der Waals surface area contributed by atoms with Gasteiger partial charge >= 0.3 is 0 Å². The van der Waals surface area contributed by atoms with Gasteiger partial charge in [-0.05, 0) is 5.53 Å². The molecule has 1 N–H and O–H groups in total. The number of hydrogen-bond acceptors (Lipinski definition) is 4. The summed E-state index contributed by atoms with van der Waals surface area (Å²) in [6.07, 6.45) is 0. The van der Waals surface area contributed by atoms with Gasteiger partial charge in [0.05, 0.1) is 16.3 Å². The molecule has 0 amide bonds. The molecule has 0 spiro atoms. The zero-order chi connectivity index (χ0) is 16.0. The Morgan fingerprint density at radius 2 is 1.55 bits per heavy atom. The summed E-state index contributed by atoms with van der Waals surface area (Å²) in [5, 5.41) is 12.8. The van der Waals surface area contributed by atoms with Crippen molar-refractivity contribution >= 4 is 40.5 Å². The second kappa shape index (κ2) is 5.03. The summed E-state index contributed by atoms with van der Waals surface area (Å²) in [6.45, 7) is 0. The molecule has 0 aromatic heterocycles. The van der Waals surface area contributed by atoms with E-state index in [-0.39, 0.29) is 38.0 Å². The van der Waals surface area contributed by atoms with Crippen LogP contribution in [0.3, 0.4) is 0 Å². The lowest BCUT2D eigenvalue weighted by atomic mass is 9.82. The smallest absolute Gasteiger partial charge is 0.198 e. The van der Waals surface area contributed by atoms with Crippen LogP contribution in [-0.2, 0) is 0 Å². The predicted octanol–water partition coefficient (Wildman–Crippen LogP) is 4.42. The van der Waals surface area contributed by atoms with Crippen LogP contribution in [0.2, 0.25) is 10.0 Å². The molecule has 1 aliphatic rings. The van der Waals surface area contributed by atoms with Gasteiger partial charge in [0.2, 0.25) is 0 Å². The number of aromatic hydroxyl groups is 1. The Bertz CT molecular complexity index is 918. The third-order valence-corrected chi connectivity index (χ3v) is 4.18. The number of halogens is 2. The molecule has 1 aliphatic carbocycles. The first-order valence-electron chi connectivity index (χ1n) is 5.96. The molecule has 0 aliphatic heterocycles. The van der Waals surface area contributed by atoms with Crippen molar-refractivity contribution < 1.29 is 14.7 Å². The van der Waals surface area contributed by atoms with Crippen LogP contribution in [0.4, 0.5) is 5.69 Å². The SMILES string of the molecule is [N-]=[N+]=Nc1c(Cl)c(Cl)c(O)c2c1C(=O)c1ccccc1C2=O. The number of fused-ring (bicyclic) bond motifs is 2. The molecule has 0 radical (unpaired) electrons. The van der Waals surface area contributed by atoms with E-state index in [9.17, 15) is 14.7 Å². The van der Waals surface area contributed by atoms with Gasteiger partial charge in [0, 0.05) is 21.6 Å². The fourth-order valence-electron chi connectivity index (χ4n) is 2.39. The summed E-state index contributed by atoms with van der Waals surface area (Å²) in [4.78, 5) is 27.8. The highest BCUT2D eigenvalue weighted by Crippen LogP contribution is 2.47. The van der Waals surface area contributed by atoms with Gasteiger partial charge in [0.25, 0.3) is 0 Å². The minimum absolute atomic E-state index is 0.139. The van der Waals surface area contributed by atoms with Gasteiger partial charge < -0.3 is 5.11 Å². The quantitative estimate of drug-likeness (QED) is 0.405. The van der Waals surface area contributed by atoms with Crippen molar-refractivity contribution in [2.75, 3.05) is 0 Å². The number of phenolic OH excluding ortho intramolecular Hbond substituents is 1. The first-order valence-corrected chi connectivity index (χ1v) is 6.72. The first-order chi connectivity index (χ1) is 10.5. The molecule has 0 bridgehead atoms. The topological polar surface area (TPSA) is 103 Å². The van der Waals surface area contributed by atoms with E-state index in [0.717, 1.165) is 0 Å². The maximum atomic E-state index is 12.6. The maximum absolute atomic E-state index is 12.6. The number of nitrogens with zero attached hydrogens (tertiary/aromatic N) is 3. The summed E-state index contributed by atoms with van der Waals surface area (Å²) >= 11 is 11.8. The number of phenols is 1. The molecular weight excluding hydrogens is 329 g/mol. The van der Waals surface area contributed by atoms with Crippen LogP contribution in [0.5, 0.6) is 5.75 Å². The average molecular weight is 334 g/mol. The van der Waals surface area contributed by atoms with E-state index in [2.05, 4.69) is 10.0 Å². The summed E-state index contributed by atoms with van der Waals surface area (Å²) < 4.78 is 0. The molecule has 108 valence electrons. The van der Waals surface area contributed by atoms with Gasteiger partial charge in [-0.3, -0.25) is 9.59 Å². The molecule has 0 unspecified atom stereocenters. The normalized spacial score (nSPS) is 12.5. The van der Waals surface area contributed by atoms with Crippen LogP contribution in [-0.4, -0.2) is 16.7 Å². The number of carbonyl (C=O) groups excluding carboxylic acids is 2. The maximum Gasteiger partial charge on any atom is 0.198 e. The molecular formula is C14H5Cl2N3O3. The van der Waals surface area contributed by atoms with E-state index in [4.69, 9.17) is 28.7 Å². The molecule has 0 heterocycles. The number of ketones is 2. The van der Waals surface area contributed by atoms with Crippen LogP contribution >= 0.6 is 23.2 Å². The lowest BCUT2D eigenvalue weighted by Gasteiger charge is -2.21. The average Bonchev–Trinajstić information content (AvgIpc) is 2.53. The Morgan fingerprint density at radius 3 is 2.09 bits per heavy atom. The molecule has 8 heteroatoms. The van der Waals surface area contributed by atoms with E-state index in [1.54, 1.807) is 12.1 Å². The number of benzene rings is 2. The van der Waals surface area contributed by atoms with Crippen LogP contribution < -0.4 is 0 Å². The minimum Gasteiger partial charge on any atom is -0.506 e. The van der Waals surface area contributed by atoms with Crippen molar-refractivity contribution in [3.8, 4) is 5.75 Å². The third kappa shape index (κ3) is 1.79. The van der Waals surface area contributed by atoms with Crippen molar-refractivity contribution in [3.05, 3.63) is 67.0 Å². The molecule has 0 fully saturated rings. The number of azide groups is 1. The fourth-order valence-corrected chi connectivity index (χ4v) is 2.80. The lowest BCUT2D eigenvalue weighted by molar-refractivity contribution is 0.0977. The highest BCUT2D eigenvalue weighted by atomic mass is 35.5. The Kier molecular flexibility index (Phi) is 3.30. The van der Waals surface area contributed by atoms with Gasteiger partial charge in [-0.25, -0.2) is 0 Å². The van der Waals surface area contributed by atoms with Crippen molar-refractivity contribution in [1.29, 1.82) is 0 Å². The second-order valence-electron chi connectivity index (χ2n) is 4.47. The zero-order valence-electron chi connectivity index (χ0n) is 10.7. The number of carbonyl (C=O) groups is 2. The van der Waals surface area contributed by atoms with Crippen LogP contribution in [0.1, 0.15) is 31.8 Å². The lowest BCUT2D eigenvalue weighted by Crippen LogP contribution is -2.21. The monoisotopic (exact) mass is 333 g/mol. The van der Waals surface area contributed by atoms with Crippen LogP contribution in [0.15, 0.2) is 29.4 Å². The Morgan fingerprint density at radius 1 is 1.00 bits per heavy atom. The molecule has 2 aromatic carbocycles. The summed E-state index contributed by atoms with van der Waals surface area (Å²) in [7, 11) is 0. The van der Waals surface area contributed by atoms with Gasteiger partial charge in [-0.1, -0.05) is 52.6 Å². The van der Waals surface area contributed by atoms with Crippen molar-refractivity contribution in [3.63, 3.8) is 0 Å². The fraction of sp³-hybridized carbons (Fsp3) is 0. The summed E-state index contributed by atoms with van der Waals surface area (Å²) in [5.41, 5.74) is 8.12. The summed E-state index contributed by atoms with van der Waals surface area (Å²) in [5.74, 6) is -1.76. The van der Waals surface area contributed by atoms with Crippen LogP contribution in [0.25, 0.3) is 10.4 Å². The Labute approximate surface area is 133 Å². The second-order valence-corrected chi connectivity index (χ2v) is 5.22. The van der Waals surface area contributed by atoms with Gasteiger partial charge in [0.1, 0.15) is 10.8 Å². The van der Waals surface area contributed by atoms with Gasteiger partial charge in [0.15, 0.2) is 11.6 Å². The Balaban J connectivity index is 2.50. The first kappa shape index (κ1) is 14.4. The summed E-state index contributed by atoms with van der Waals surface area (Å²) in [6, 6.07) is 6.13. The largest absolute Gasteiger partial charge is 0.506 e. The van der Waals surface area contributed by atoms with Crippen molar-refractivity contribution in [2.45, 2.75) is 0 Å². The highest BCUT2D eigenvalue weighted by Gasteiger charge is 2.36. The molecule has 22 heavy (non-hydrogen) atoms. The molecule has 3 rings (SSSR count). The van der Waals surface area contributed by atoms with E-state index in [0.29, 0.717) is 0 Å². The molecule has 6 nitrogen and oxygen atoms in total. The van der Waals surface area contributed by atoms with E-state index in [1.165, 1.54) is 12.1 Å². The van der Waals surface area contributed by atoms with E-state index >= 15 is 0 Å². The van der Waals surface area contributed by atoms with Crippen molar-refractivity contribution in [2.24, 2.45) is 5.11 Å². The van der Waals surface area contributed by atoms with E-state index in [1.807, 2.05) is 0 Å². The predicted molar refractivity (Wildman–Crippen MR) is 80.2 cm³/mol. The number of hydrogen-bond donors (Lipinski definition) is 1. The molecule has 0 saturated carbocycles. The van der Waals surface area contributed by atoms with Crippen LogP contribution in [0, 0.1) is 0 Å².